The van der Waals surface area contributed by atoms with Gasteiger partial charge in [-0.15, -0.1) is 0 Å². The van der Waals surface area contributed by atoms with Crippen LogP contribution in [0.4, 0.5) is 20.3 Å². The van der Waals surface area contributed by atoms with E-state index in [1.165, 1.54) is 13.1 Å². The highest BCUT2D eigenvalue weighted by Crippen LogP contribution is 2.31. The summed E-state index contributed by atoms with van der Waals surface area (Å²) < 4.78 is 56.7. The Hall–Kier alpha value is -2.50. The van der Waals surface area contributed by atoms with Crippen molar-refractivity contribution in [1.82, 2.24) is 14.5 Å². The molecule has 1 amide bonds. The molecule has 2 heterocycles. The summed E-state index contributed by atoms with van der Waals surface area (Å²) in [5, 5.41) is 6.29. The Morgan fingerprint density at radius 1 is 1.33 bits per heavy atom. The molecule has 1 aliphatic rings. The summed E-state index contributed by atoms with van der Waals surface area (Å²) in [4.78, 5) is 12.6. The van der Waals surface area contributed by atoms with E-state index in [0.29, 0.717) is 0 Å². The number of benzene rings is 1. The van der Waals surface area contributed by atoms with Crippen LogP contribution < -0.4 is 14.3 Å². The van der Waals surface area contributed by atoms with Crippen LogP contribution in [0.3, 0.4) is 0 Å². The Morgan fingerprint density at radius 2 is 2.03 bits per heavy atom. The maximum Gasteiger partial charge on any atom is 0.303 e. The SMILES string of the molecule is CC(C)C1C=CCN(c2nn(C)c(C(=O)Nc3ccc(F)c(F)c3)c2Cl)S(=O)(=O)N1. The average molecular weight is 460 g/mol. The molecule has 1 unspecified atom stereocenters. The summed E-state index contributed by atoms with van der Waals surface area (Å²) in [6.45, 7) is 3.73. The quantitative estimate of drug-likeness (QED) is 0.687. The zero-order valence-electron chi connectivity index (χ0n) is 16.4. The fraction of sp³-hybridized carbons (Fsp3) is 0.333. The Labute approximate surface area is 177 Å². The number of halogens is 3. The van der Waals surface area contributed by atoms with E-state index in [-0.39, 0.29) is 34.7 Å². The summed E-state index contributed by atoms with van der Waals surface area (Å²) in [5.41, 5.74) is -0.135. The molecular weight excluding hydrogens is 440 g/mol. The summed E-state index contributed by atoms with van der Waals surface area (Å²) in [7, 11) is -2.57. The average Bonchev–Trinajstić information content (AvgIpc) is 2.83. The first-order valence-corrected chi connectivity index (χ1v) is 10.8. The largest absolute Gasteiger partial charge is 0.321 e. The van der Waals surface area contributed by atoms with Crippen LogP contribution in [0.5, 0.6) is 0 Å². The van der Waals surface area contributed by atoms with Crippen LogP contribution in [-0.2, 0) is 17.3 Å². The molecule has 0 saturated carbocycles. The van der Waals surface area contributed by atoms with Crippen molar-refractivity contribution >= 4 is 39.2 Å². The maximum atomic E-state index is 13.4. The number of rotatable bonds is 4. The Bertz CT molecular complexity index is 1120. The molecule has 0 spiro atoms. The predicted molar refractivity (Wildman–Crippen MR) is 110 cm³/mol. The topological polar surface area (TPSA) is 96.3 Å². The van der Waals surface area contributed by atoms with Crippen molar-refractivity contribution in [1.29, 1.82) is 0 Å². The number of hydrogen-bond acceptors (Lipinski definition) is 4. The van der Waals surface area contributed by atoms with E-state index in [9.17, 15) is 22.0 Å². The van der Waals surface area contributed by atoms with E-state index in [2.05, 4.69) is 15.1 Å². The van der Waals surface area contributed by atoms with Crippen molar-refractivity contribution in [3.05, 3.63) is 52.7 Å². The second-order valence-corrected chi connectivity index (χ2v) is 9.05. The minimum Gasteiger partial charge on any atom is -0.321 e. The molecule has 3 rings (SSSR count). The van der Waals surface area contributed by atoms with Crippen LogP contribution in [0.15, 0.2) is 30.4 Å². The van der Waals surface area contributed by atoms with E-state index < -0.39 is 33.8 Å². The van der Waals surface area contributed by atoms with Gasteiger partial charge in [-0.1, -0.05) is 37.6 Å². The van der Waals surface area contributed by atoms with Gasteiger partial charge in [0.15, 0.2) is 17.5 Å². The highest BCUT2D eigenvalue weighted by Gasteiger charge is 2.33. The van der Waals surface area contributed by atoms with Gasteiger partial charge < -0.3 is 5.32 Å². The number of carbonyl (C=O) groups excluding carboxylic acids is 1. The van der Waals surface area contributed by atoms with Gasteiger partial charge in [0.1, 0.15) is 10.7 Å². The Kier molecular flexibility index (Phi) is 6.16. The van der Waals surface area contributed by atoms with E-state index >= 15 is 0 Å². The highest BCUT2D eigenvalue weighted by atomic mass is 35.5. The van der Waals surface area contributed by atoms with Crippen LogP contribution in [0, 0.1) is 17.6 Å². The van der Waals surface area contributed by atoms with Gasteiger partial charge in [-0.2, -0.15) is 18.2 Å². The van der Waals surface area contributed by atoms with Crippen LogP contribution in [-0.4, -0.2) is 36.7 Å². The molecule has 0 bridgehead atoms. The predicted octanol–water partition coefficient (Wildman–Crippen LogP) is 2.84. The number of hydrogen-bond donors (Lipinski definition) is 2. The van der Waals surface area contributed by atoms with Crippen LogP contribution in [0.1, 0.15) is 24.3 Å². The van der Waals surface area contributed by atoms with E-state index in [0.717, 1.165) is 21.1 Å². The molecule has 0 saturated heterocycles. The maximum absolute atomic E-state index is 13.4. The second-order valence-electron chi connectivity index (χ2n) is 7.04. The van der Waals surface area contributed by atoms with Gasteiger partial charge in [-0.3, -0.25) is 9.48 Å². The van der Waals surface area contributed by atoms with Crippen LogP contribution >= 0.6 is 11.6 Å². The summed E-state index contributed by atoms with van der Waals surface area (Å²) in [6.07, 6.45) is 3.42. The monoisotopic (exact) mass is 459 g/mol. The normalized spacial score (nSPS) is 18.5. The lowest BCUT2D eigenvalue weighted by molar-refractivity contribution is 0.101. The van der Waals surface area contributed by atoms with Crippen molar-refractivity contribution in [3.8, 4) is 0 Å². The molecule has 8 nitrogen and oxygen atoms in total. The third-order valence-electron chi connectivity index (χ3n) is 4.51. The number of aryl methyl sites for hydroxylation is 1. The van der Waals surface area contributed by atoms with Crippen molar-refractivity contribution in [2.24, 2.45) is 13.0 Å². The van der Waals surface area contributed by atoms with Gasteiger partial charge in [0, 0.05) is 24.8 Å². The van der Waals surface area contributed by atoms with Gasteiger partial charge in [0.05, 0.1) is 6.54 Å². The highest BCUT2D eigenvalue weighted by molar-refractivity contribution is 7.90. The number of carbonyl (C=O) groups is 1. The van der Waals surface area contributed by atoms with E-state index in [1.54, 1.807) is 12.2 Å². The first-order valence-electron chi connectivity index (χ1n) is 8.97. The molecule has 2 N–H and O–H groups in total. The minimum atomic E-state index is -3.99. The fourth-order valence-corrected chi connectivity index (χ4v) is 4.75. The molecule has 30 heavy (non-hydrogen) atoms. The molecule has 12 heteroatoms. The van der Waals surface area contributed by atoms with Crippen molar-refractivity contribution in [2.75, 3.05) is 16.2 Å². The zero-order valence-corrected chi connectivity index (χ0v) is 17.9. The third-order valence-corrected chi connectivity index (χ3v) is 6.33. The molecule has 1 aromatic carbocycles. The second kappa shape index (κ2) is 8.32. The number of anilines is 2. The molecule has 0 radical (unpaired) electrons. The smallest absolute Gasteiger partial charge is 0.303 e. The number of aromatic nitrogens is 2. The molecule has 1 aromatic heterocycles. The van der Waals surface area contributed by atoms with Gasteiger partial charge in [0.25, 0.3) is 5.91 Å². The number of nitrogens with zero attached hydrogens (tertiary/aromatic N) is 3. The fourth-order valence-electron chi connectivity index (χ4n) is 2.89. The van der Waals surface area contributed by atoms with Crippen LogP contribution in [0.2, 0.25) is 5.02 Å². The van der Waals surface area contributed by atoms with E-state index in [1.807, 2.05) is 13.8 Å². The lowest BCUT2D eigenvalue weighted by atomic mass is 10.1. The van der Waals surface area contributed by atoms with Gasteiger partial charge in [-0.05, 0) is 18.1 Å². The van der Waals surface area contributed by atoms with Gasteiger partial charge >= 0.3 is 10.2 Å². The van der Waals surface area contributed by atoms with Crippen molar-refractivity contribution in [3.63, 3.8) is 0 Å². The lowest BCUT2D eigenvalue weighted by Crippen LogP contribution is -2.45. The van der Waals surface area contributed by atoms with Crippen molar-refractivity contribution < 1.29 is 22.0 Å². The lowest BCUT2D eigenvalue weighted by Gasteiger charge is -2.22. The molecule has 2 aromatic rings. The Morgan fingerprint density at radius 3 is 2.67 bits per heavy atom. The third kappa shape index (κ3) is 4.32. The summed E-state index contributed by atoms with van der Waals surface area (Å²) in [6, 6.07) is 2.47. The Balaban J connectivity index is 1.92. The van der Waals surface area contributed by atoms with Gasteiger partial charge in [0.2, 0.25) is 0 Å². The number of amides is 1. The van der Waals surface area contributed by atoms with Crippen LogP contribution in [0.25, 0.3) is 0 Å². The zero-order chi connectivity index (χ0) is 22.2. The van der Waals surface area contributed by atoms with Crippen molar-refractivity contribution in [2.45, 2.75) is 19.9 Å². The molecule has 1 aliphatic heterocycles. The standard InChI is InChI=1S/C18H20ClF2N5O3S/c1-10(2)14-5-4-8-26(30(28,29)24-14)17-15(19)16(25(3)23-17)18(27)22-11-6-7-12(20)13(21)9-11/h4-7,9-10,14,24H,8H2,1-3H3,(H,22,27). The number of nitrogens with one attached hydrogen (secondary N) is 2. The molecular formula is C18H20ClF2N5O3S. The molecule has 0 fully saturated rings. The first kappa shape index (κ1) is 22.2. The van der Waals surface area contributed by atoms with Gasteiger partial charge in [-0.25, -0.2) is 13.1 Å². The summed E-state index contributed by atoms with van der Waals surface area (Å²) in [5.74, 6) is -3.05. The van der Waals surface area contributed by atoms with E-state index in [4.69, 9.17) is 11.6 Å². The molecule has 0 aliphatic carbocycles. The summed E-state index contributed by atoms with van der Waals surface area (Å²) >= 11 is 6.32. The minimum absolute atomic E-state index is 0.00415. The molecule has 162 valence electrons. The first-order chi connectivity index (χ1) is 14.0. The molecule has 1 atom stereocenters.